The quantitative estimate of drug-likeness (QED) is 0.788. The third-order valence-corrected chi connectivity index (χ3v) is 3.13. The number of rotatable bonds is 2. The van der Waals surface area contributed by atoms with Gasteiger partial charge in [0.05, 0.1) is 12.6 Å². The second-order valence-electron chi connectivity index (χ2n) is 4.45. The maximum atomic E-state index is 12.1. The monoisotopic (exact) mass is 235 g/mol. The molecule has 0 aromatic heterocycles. The minimum Gasteiger partial charge on any atom is -0.303 e. The zero-order chi connectivity index (χ0) is 12.4. The van der Waals surface area contributed by atoms with E-state index < -0.39 is 18.3 Å². The van der Waals surface area contributed by atoms with Crippen molar-refractivity contribution in [3.63, 3.8) is 0 Å². The molecule has 1 fully saturated rings. The first-order valence-corrected chi connectivity index (χ1v) is 5.21. The molecule has 0 aliphatic carbocycles. The van der Waals surface area contributed by atoms with Crippen LogP contribution in [0.2, 0.25) is 0 Å². The lowest BCUT2D eigenvalue weighted by molar-refractivity contribution is -0.128. The second kappa shape index (κ2) is 4.60. The summed E-state index contributed by atoms with van der Waals surface area (Å²) < 4.78 is 36.3. The van der Waals surface area contributed by atoms with Crippen LogP contribution in [-0.4, -0.2) is 42.8 Å². The van der Waals surface area contributed by atoms with E-state index in [2.05, 4.69) is 5.32 Å². The summed E-state index contributed by atoms with van der Waals surface area (Å²) >= 11 is 0. The van der Waals surface area contributed by atoms with Gasteiger partial charge in [0.15, 0.2) is 0 Å². The Kier molecular flexibility index (Phi) is 3.81. The van der Waals surface area contributed by atoms with E-state index in [-0.39, 0.29) is 6.04 Å². The average Bonchev–Trinajstić information content (AvgIpc) is 2.19. The molecule has 1 heterocycles. The first-order chi connectivity index (χ1) is 7.28. The van der Waals surface area contributed by atoms with Crippen LogP contribution in [0.3, 0.4) is 0 Å². The van der Waals surface area contributed by atoms with E-state index in [9.17, 15) is 13.2 Å². The van der Waals surface area contributed by atoms with Crippen LogP contribution in [0, 0.1) is 11.3 Å². The Morgan fingerprint density at radius 1 is 1.56 bits per heavy atom. The van der Waals surface area contributed by atoms with Crippen molar-refractivity contribution in [2.75, 3.05) is 20.1 Å². The lowest BCUT2D eigenvalue weighted by Crippen LogP contribution is -2.56. The molecule has 1 aliphatic rings. The molecule has 0 aromatic carbocycles. The van der Waals surface area contributed by atoms with Crippen LogP contribution in [-0.2, 0) is 0 Å². The van der Waals surface area contributed by atoms with Gasteiger partial charge in [-0.15, -0.1) is 0 Å². The van der Waals surface area contributed by atoms with Gasteiger partial charge in [-0.1, -0.05) is 0 Å². The molecule has 0 radical (unpaired) electrons. The number of halogens is 3. The van der Waals surface area contributed by atoms with Crippen LogP contribution in [0.4, 0.5) is 13.2 Å². The van der Waals surface area contributed by atoms with E-state index in [1.807, 2.05) is 24.9 Å². The van der Waals surface area contributed by atoms with Crippen molar-refractivity contribution >= 4 is 0 Å². The smallest absolute Gasteiger partial charge is 0.303 e. The van der Waals surface area contributed by atoms with Crippen LogP contribution in [0.5, 0.6) is 0 Å². The fraction of sp³-hybridized carbons (Fsp3) is 0.900. The zero-order valence-electron chi connectivity index (χ0n) is 9.43. The highest BCUT2D eigenvalue weighted by Crippen LogP contribution is 2.26. The Morgan fingerprint density at radius 2 is 2.19 bits per heavy atom. The van der Waals surface area contributed by atoms with Crippen molar-refractivity contribution in [1.82, 2.24) is 10.2 Å². The molecule has 0 amide bonds. The number of nitriles is 1. The number of alkyl halides is 3. The Morgan fingerprint density at radius 3 is 2.62 bits per heavy atom. The van der Waals surface area contributed by atoms with Gasteiger partial charge in [-0.3, -0.25) is 5.32 Å². The van der Waals surface area contributed by atoms with Gasteiger partial charge in [-0.2, -0.15) is 18.4 Å². The Balaban J connectivity index is 2.62. The van der Waals surface area contributed by atoms with E-state index in [4.69, 9.17) is 5.26 Å². The van der Waals surface area contributed by atoms with Crippen molar-refractivity contribution in [2.45, 2.75) is 37.5 Å². The van der Waals surface area contributed by atoms with Gasteiger partial charge in [0, 0.05) is 12.6 Å². The molecule has 2 atom stereocenters. The first kappa shape index (κ1) is 13.3. The lowest BCUT2D eigenvalue weighted by atomic mass is 9.85. The largest absolute Gasteiger partial charge is 0.401 e. The molecule has 1 rings (SSSR count). The van der Waals surface area contributed by atoms with Crippen molar-refractivity contribution in [1.29, 1.82) is 5.26 Å². The van der Waals surface area contributed by atoms with Gasteiger partial charge < -0.3 is 4.90 Å². The van der Waals surface area contributed by atoms with Crippen LogP contribution in [0.15, 0.2) is 0 Å². The maximum Gasteiger partial charge on any atom is 0.401 e. The SMILES string of the molecule is CC1CC(C#N)(NCC(F)(F)F)CCN1C. The number of hydrogen-bond acceptors (Lipinski definition) is 3. The number of likely N-dealkylation sites (tertiary alicyclic amines) is 1. The van der Waals surface area contributed by atoms with E-state index >= 15 is 0 Å². The zero-order valence-corrected chi connectivity index (χ0v) is 9.43. The van der Waals surface area contributed by atoms with Gasteiger partial charge >= 0.3 is 6.18 Å². The van der Waals surface area contributed by atoms with Gasteiger partial charge in [-0.25, -0.2) is 0 Å². The molecule has 0 aromatic rings. The number of hydrogen-bond donors (Lipinski definition) is 1. The molecule has 0 bridgehead atoms. The van der Waals surface area contributed by atoms with Crippen molar-refractivity contribution in [2.24, 2.45) is 0 Å². The second-order valence-corrected chi connectivity index (χ2v) is 4.45. The fourth-order valence-electron chi connectivity index (χ4n) is 1.92. The number of piperidine rings is 1. The topological polar surface area (TPSA) is 39.1 Å². The normalized spacial score (nSPS) is 32.4. The summed E-state index contributed by atoms with van der Waals surface area (Å²) in [5, 5.41) is 11.4. The average molecular weight is 235 g/mol. The highest BCUT2D eigenvalue weighted by Gasteiger charge is 2.40. The van der Waals surface area contributed by atoms with E-state index in [0.29, 0.717) is 19.4 Å². The summed E-state index contributed by atoms with van der Waals surface area (Å²) in [5.74, 6) is 0. The highest BCUT2D eigenvalue weighted by molar-refractivity contribution is 5.11. The third kappa shape index (κ3) is 3.35. The summed E-state index contributed by atoms with van der Waals surface area (Å²) in [6.07, 6.45) is -3.41. The van der Waals surface area contributed by atoms with Crippen molar-refractivity contribution < 1.29 is 13.2 Å². The van der Waals surface area contributed by atoms with Crippen LogP contribution < -0.4 is 5.32 Å². The van der Waals surface area contributed by atoms with Gasteiger partial charge in [-0.05, 0) is 26.8 Å². The number of nitrogens with one attached hydrogen (secondary N) is 1. The first-order valence-electron chi connectivity index (χ1n) is 5.21. The maximum absolute atomic E-state index is 12.1. The predicted molar refractivity (Wildman–Crippen MR) is 53.7 cm³/mol. The van der Waals surface area contributed by atoms with Crippen LogP contribution >= 0.6 is 0 Å². The van der Waals surface area contributed by atoms with Gasteiger partial charge in [0.1, 0.15) is 5.54 Å². The van der Waals surface area contributed by atoms with Crippen LogP contribution in [0.1, 0.15) is 19.8 Å². The van der Waals surface area contributed by atoms with E-state index in [0.717, 1.165) is 0 Å². The highest BCUT2D eigenvalue weighted by atomic mass is 19.4. The fourth-order valence-corrected chi connectivity index (χ4v) is 1.92. The summed E-state index contributed by atoms with van der Waals surface area (Å²) in [4.78, 5) is 2.05. The summed E-state index contributed by atoms with van der Waals surface area (Å²) in [7, 11) is 1.91. The Bertz CT molecular complexity index is 284. The minimum atomic E-state index is -4.27. The summed E-state index contributed by atoms with van der Waals surface area (Å²) in [5.41, 5.74) is -1.03. The summed E-state index contributed by atoms with van der Waals surface area (Å²) in [6, 6.07) is 2.12. The Hall–Kier alpha value is -0.800. The molecule has 1 N–H and O–H groups in total. The third-order valence-electron chi connectivity index (χ3n) is 3.13. The standard InChI is InChI=1S/C10H16F3N3/c1-8-5-9(6-14,3-4-16(8)2)15-7-10(11,12)13/h8,15H,3-5,7H2,1-2H3. The predicted octanol–water partition coefficient (Wildman–Crippen LogP) is 1.51. The summed E-state index contributed by atoms with van der Waals surface area (Å²) in [6.45, 7) is 1.46. The molecule has 1 saturated heterocycles. The molecule has 92 valence electrons. The molecule has 0 saturated carbocycles. The van der Waals surface area contributed by atoms with Crippen molar-refractivity contribution in [3.8, 4) is 6.07 Å². The molecule has 2 unspecified atom stereocenters. The molecular formula is C10H16F3N3. The number of nitrogens with zero attached hydrogens (tertiary/aromatic N) is 2. The molecule has 0 spiro atoms. The molecule has 1 aliphatic heterocycles. The van der Waals surface area contributed by atoms with Gasteiger partial charge in [0.2, 0.25) is 0 Å². The lowest BCUT2D eigenvalue weighted by Gasteiger charge is -2.40. The van der Waals surface area contributed by atoms with Gasteiger partial charge in [0.25, 0.3) is 0 Å². The van der Waals surface area contributed by atoms with Crippen molar-refractivity contribution in [3.05, 3.63) is 0 Å². The Labute approximate surface area is 93.2 Å². The molecule has 6 heteroatoms. The molecule has 16 heavy (non-hydrogen) atoms. The molecule has 3 nitrogen and oxygen atoms in total. The molecular weight excluding hydrogens is 219 g/mol. The van der Waals surface area contributed by atoms with Crippen LogP contribution in [0.25, 0.3) is 0 Å². The minimum absolute atomic E-state index is 0.120. The van der Waals surface area contributed by atoms with E-state index in [1.54, 1.807) is 0 Å². The van der Waals surface area contributed by atoms with E-state index in [1.165, 1.54) is 0 Å².